The summed E-state index contributed by atoms with van der Waals surface area (Å²) >= 11 is 0. The lowest BCUT2D eigenvalue weighted by molar-refractivity contribution is -0.121. The van der Waals surface area contributed by atoms with Crippen LogP contribution in [0.4, 0.5) is 0 Å². The van der Waals surface area contributed by atoms with Crippen molar-refractivity contribution in [2.24, 2.45) is 7.05 Å². The minimum absolute atomic E-state index is 0.170. The molecule has 1 N–H and O–H groups in total. The van der Waals surface area contributed by atoms with E-state index in [1.165, 1.54) is 30.4 Å². The van der Waals surface area contributed by atoms with Gasteiger partial charge >= 0.3 is 0 Å². The van der Waals surface area contributed by atoms with Crippen LogP contribution in [-0.4, -0.2) is 26.7 Å². The Kier molecular flexibility index (Phi) is 4.88. The summed E-state index contributed by atoms with van der Waals surface area (Å²) in [5.74, 6) is 0.170. The molecule has 130 valence electrons. The number of amides is 1. The zero-order chi connectivity index (χ0) is 17.3. The predicted octanol–water partition coefficient (Wildman–Crippen LogP) is 3.28. The van der Waals surface area contributed by atoms with Crippen LogP contribution >= 0.6 is 0 Å². The van der Waals surface area contributed by atoms with Crippen LogP contribution in [0.2, 0.25) is 0 Å². The fraction of sp³-hybridized carbons (Fsp3) is 0.632. The lowest BCUT2D eigenvalue weighted by Gasteiger charge is -2.22. The van der Waals surface area contributed by atoms with Gasteiger partial charge in [-0.25, -0.2) is 4.98 Å². The second-order valence-electron chi connectivity index (χ2n) is 7.11. The van der Waals surface area contributed by atoms with E-state index in [2.05, 4.69) is 17.3 Å². The first-order chi connectivity index (χ1) is 11.5. The van der Waals surface area contributed by atoms with Crippen LogP contribution in [0.5, 0.6) is 0 Å². The molecule has 2 aromatic rings. The van der Waals surface area contributed by atoms with E-state index in [-0.39, 0.29) is 5.91 Å². The summed E-state index contributed by atoms with van der Waals surface area (Å²) in [5.41, 5.74) is 5.35. The zero-order valence-electron chi connectivity index (χ0n) is 15.3. The smallest absolute Gasteiger partial charge is 0.220 e. The number of nitrogens with one attached hydrogen (secondary N) is 1. The Morgan fingerprint density at radius 1 is 1.17 bits per heavy atom. The molecule has 1 aliphatic carbocycles. The summed E-state index contributed by atoms with van der Waals surface area (Å²) in [6.45, 7) is 6.18. The van der Waals surface area contributed by atoms with E-state index in [9.17, 15) is 4.79 Å². The number of aryl methyl sites for hydroxylation is 4. The summed E-state index contributed by atoms with van der Waals surface area (Å²) in [6.07, 6.45) is 7.32. The average Bonchev–Trinajstić information content (AvgIpc) is 2.82. The van der Waals surface area contributed by atoms with Crippen molar-refractivity contribution in [3.05, 3.63) is 22.5 Å². The van der Waals surface area contributed by atoms with Crippen molar-refractivity contribution in [3.63, 3.8) is 0 Å². The van der Waals surface area contributed by atoms with Crippen molar-refractivity contribution in [1.29, 1.82) is 0 Å². The van der Waals surface area contributed by atoms with Crippen molar-refractivity contribution in [1.82, 2.24) is 20.1 Å². The minimum Gasteiger partial charge on any atom is -0.353 e. The topological polar surface area (TPSA) is 59.8 Å². The first kappa shape index (κ1) is 16.9. The zero-order valence-corrected chi connectivity index (χ0v) is 15.3. The van der Waals surface area contributed by atoms with Gasteiger partial charge in [0.2, 0.25) is 5.91 Å². The first-order valence-corrected chi connectivity index (χ1v) is 9.06. The third-order valence-corrected chi connectivity index (χ3v) is 5.30. The molecule has 1 amide bonds. The van der Waals surface area contributed by atoms with Crippen molar-refractivity contribution in [2.45, 2.75) is 71.8 Å². The van der Waals surface area contributed by atoms with Gasteiger partial charge in [-0.3, -0.25) is 9.48 Å². The molecule has 24 heavy (non-hydrogen) atoms. The quantitative estimate of drug-likeness (QED) is 0.937. The van der Waals surface area contributed by atoms with Crippen LogP contribution < -0.4 is 5.32 Å². The molecule has 0 saturated heterocycles. The van der Waals surface area contributed by atoms with Gasteiger partial charge in [-0.05, 0) is 51.2 Å². The number of fused-ring (bicyclic) bond motifs is 1. The predicted molar refractivity (Wildman–Crippen MR) is 96.1 cm³/mol. The molecule has 0 aromatic carbocycles. The maximum absolute atomic E-state index is 12.3. The van der Waals surface area contributed by atoms with Gasteiger partial charge in [0, 0.05) is 30.6 Å². The Balaban J connectivity index is 1.72. The lowest BCUT2D eigenvalue weighted by Crippen LogP contribution is -2.36. The summed E-state index contributed by atoms with van der Waals surface area (Å²) in [5, 5.41) is 8.82. The Bertz CT molecular complexity index is 757. The number of rotatable bonds is 4. The van der Waals surface area contributed by atoms with Gasteiger partial charge in [0.1, 0.15) is 0 Å². The highest BCUT2D eigenvalue weighted by Crippen LogP contribution is 2.26. The van der Waals surface area contributed by atoms with E-state index in [0.717, 1.165) is 41.7 Å². The number of carbonyl (C=O) groups is 1. The summed E-state index contributed by atoms with van der Waals surface area (Å²) in [6, 6.07) is 0.384. The second kappa shape index (κ2) is 6.91. The molecule has 1 saturated carbocycles. The highest BCUT2D eigenvalue weighted by Gasteiger charge is 2.18. The molecule has 2 aromatic heterocycles. The number of nitrogens with zero attached hydrogens (tertiary/aromatic N) is 3. The molecule has 0 radical (unpaired) electrons. The van der Waals surface area contributed by atoms with Crippen LogP contribution in [-0.2, 0) is 18.3 Å². The van der Waals surface area contributed by atoms with Crippen molar-refractivity contribution < 1.29 is 4.79 Å². The van der Waals surface area contributed by atoms with Crippen LogP contribution in [0, 0.1) is 20.8 Å². The molecule has 0 atom stereocenters. The van der Waals surface area contributed by atoms with E-state index >= 15 is 0 Å². The first-order valence-electron chi connectivity index (χ1n) is 9.06. The van der Waals surface area contributed by atoms with Crippen molar-refractivity contribution in [2.75, 3.05) is 0 Å². The molecule has 3 rings (SSSR count). The minimum atomic E-state index is 0.170. The third-order valence-electron chi connectivity index (χ3n) is 5.30. The molecule has 0 spiro atoms. The van der Waals surface area contributed by atoms with Crippen LogP contribution in [0.25, 0.3) is 11.0 Å². The number of pyridine rings is 1. The van der Waals surface area contributed by atoms with Gasteiger partial charge in [-0.1, -0.05) is 19.3 Å². The number of hydrogen-bond acceptors (Lipinski definition) is 3. The van der Waals surface area contributed by atoms with Gasteiger partial charge < -0.3 is 5.32 Å². The molecule has 1 fully saturated rings. The summed E-state index contributed by atoms with van der Waals surface area (Å²) in [7, 11) is 1.93. The van der Waals surface area contributed by atoms with Gasteiger partial charge in [0.05, 0.1) is 5.69 Å². The fourth-order valence-corrected chi connectivity index (χ4v) is 4.02. The molecule has 0 aliphatic heterocycles. The monoisotopic (exact) mass is 328 g/mol. The van der Waals surface area contributed by atoms with E-state index in [4.69, 9.17) is 4.98 Å². The molecule has 1 aliphatic rings. The normalized spacial score (nSPS) is 15.8. The SMILES string of the molecule is Cc1nc2c(c(C)nn2C)c(C)c1CCC(=O)NC1CCCCC1. The van der Waals surface area contributed by atoms with Crippen molar-refractivity contribution >= 4 is 16.9 Å². The molecule has 0 bridgehead atoms. The number of hydrogen-bond donors (Lipinski definition) is 1. The lowest BCUT2D eigenvalue weighted by atomic mass is 9.95. The highest BCUT2D eigenvalue weighted by molar-refractivity contribution is 5.84. The maximum Gasteiger partial charge on any atom is 0.220 e. The number of aromatic nitrogens is 3. The standard InChI is InChI=1S/C19H28N4O/c1-12-16(10-11-17(24)21-15-8-6-5-7-9-15)13(2)20-19-18(12)14(3)22-23(19)4/h15H,5-11H2,1-4H3,(H,21,24). The molecule has 2 heterocycles. The van der Waals surface area contributed by atoms with E-state index in [1.807, 2.05) is 25.6 Å². The Morgan fingerprint density at radius 3 is 2.58 bits per heavy atom. The summed E-state index contributed by atoms with van der Waals surface area (Å²) in [4.78, 5) is 17.0. The molecular formula is C19H28N4O. The van der Waals surface area contributed by atoms with E-state index < -0.39 is 0 Å². The van der Waals surface area contributed by atoms with E-state index in [1.54, 1.807) is 0 Å². The van der Waals surface area contributed by atoms with Gasteiger partial charge in [-0.15, -0.1) is 0 Å². The Morgan fingerprint density at radius 2 is 1.88 bits per heavy atom. The van der Waals surface area contributed by atoms with Crippen molar-refractivity contribution in [3.8, 4) is 0 Å². The van der Waals surface area contributed by atoms with Crippen LogP contribution in [0.3, 0.4) is 0 Å². The molecule has 5 heteroatoms. The molecule has 0 unspecified atom stereocenters. The van der Waals surface area contributed by atoms with Gasteiger partial charge in [-0.2, -0.15) is 5.10 Å². The summed E-state index contributed by atoms with van der Waals surface area (Å²) < 4.78 is 1.84. The average molecular weight is 328 g/mol. The van der Waals surface area contributed by atoms with Crippen LogP contribution in [0.15, 0.2) is 0 Å². The van der Waals surface area contributed by atoms with Crippen LogP contribution in [0.1, 0.15) is 61.0 Å². The molecule has 5 nitrogen and oxygen atoms in total. The maximum atomic E-state index is 12.3. The number of carbonyl (C=O) groups excluding carboxylic acids is 1. The van der Waals surface area contributed by atoms with Gasteiger partial charge in [0.25, 0.3) is 0 Å². The fourth-order valence-electron chi connectivity index (χ4n) is 4.02. The van der Waals surface area contributed by atoms with Gasteiger partial charge in [0.15, 0.2) is 5.65 Å². The third kappa shape index (κ3) is 3.30. The Labute approximate surface area is 143 Å². The molecular weight excluding hydrogens is 300 g/mol. The second-order valence-corrected chi connectivity index (χ2v) is 7.11. The Hall–Kier alpha value is -1.91. The highest BCUT2D eigenvalue weighted by atomic mass is 16.1. The van der Waals surface area contributed by atoms with E-state index in [0.29, 0.717) is 12.5 Å². The largest absolute Gasteiger partial charge is 0.353 e.